The van der Waals surface area contributed by atoms with E-state index in [2.05, 4.69) is 31.3 Å². The lowest BCUT2D eigenvalue weighted by atomic mass is 10.2. The molecule has 0 bridgehead atoms. The molecule has 134 valence electrons. The van der Waals surface area contributed by atoms with Gasteiger partial charge in [0.15, 0.2) is 0 Å². The van der Waals surface area contributed by atoms with Crippen molar-refractivity contribution >= 4 is 39.1 Å². The Morgan fingerprint density at radius 3 is 2.88 bits per heavy atom. The quantitative estimate of drug-likeness (QED) is 0.556. The molecule has 0 radical (unpaired) electrons. The largest absolute Gasteiger partial charge is 0.494 e. The zero-order valence-electron chi connectivity index (χ0n) is 13.7. The van der Waals surface area contributed by atoms with Gasteiger partial charge in [0.05, 0.1) is 17.3 Å². The van der Waals surface area contributed by atoms with Gasteiger partial charge in [-0.05, 0) is 36.8 Å². The number of halogens is 2. The van der Waals surface area contributed by atoms with Crippen LogP contribution in [0.1, 0.15) is 12.8 Å². The third kappa shape index (κ3) is 4.83. The van der Waals surface area contributed by atoms with E-state index >= 15 is 0 Å². The maximum atomic E-state index is 12.2. The van der Waals surface area contributed by atoms with Gasteiger partial charge in [-0.1, -0.05) is 39.7 Å². The molecule has 1 aromatic heterocycles. The molecule has 8 heteroatoms. The van der Waals surface area contributed by atoms with Crippen LogP contribution in [0.25, 0.3) is 5.69 Å². The van der Waals surface area contributed by atoms with Gasteiger partial charge in [-0.2, -0.15) is 5.10 Å². The van der Waals surface area contributed by atoms with E-state index in [0.717, 1.165) is 10.2 Å². The van der Waals surface area contributed by atoms with Gasteiger partial charge in [0.1, 0.15) is 24.1 Å². The first-order valence-corrected chi connectivity index (χ1v) is 9.12. The fourth-order valence-electron chi connectivity index (χ4n) is 2.36. The molecule has 0 atom stereocenters. The van der Waals surface area contributed by atoms with Crippen LogP contribution in [-0.2, 0) is 4.79 Å². The predicted octanol–water partition coefficient (Wildman–Crippen LogP) is 4.48. The Hall–Kier alpha value is -2.38. The summed E-state index contributed by atoms with van der Waals surface area (Å²) in [7, 11) is 0. The van der Waals surface area contributed by atoms with Crippen molar-refractivity contribution in [3.05, 3.63) is 64.6 Å². The first-order chi connectivity index (χ1) is 12.6. The molecular formula is C18H16BrClN4O2. The van der Waals surface area contributed by atoms with Crippen molar-refractivity contribution in [1.82, 2.24) is 14.8 Å². The number of para-hydroxylation sites is 1. The average molecular weight is 436 g/mol. The Balaban J connectivity index is 1.55. The molecule has 1 heterocycles. The molecule has 0 spiro atoms. The molecule has 0 aliphatic rings. The highest BCUT2D eigenvalue weighted by molar-refractivity contribution is 9.10. The van der Waals surface area contributed by atoms with Crippen LogP contribution in [0, 0.1) is 0 Å². The third-order valence-electron chi connectivity index (χ3n) is 3.52. The maximum Gasteiger partial charge on any atom is 0.224 e. The summed E-state index contributed by atoms with van der Waals surface area (Å²) in [5.74, 6) is 0.648. The minimum absolute atomic E-state index is 0.119. The Labute approximate surface area is 164 Å². The summed E-state index contributed by atoms with van der Waals surface area (Å²) >= 11 is 9.64. The van der Waals surface area contributed by atoms with Crippen LogP contribution in [0.5, 0.6) is 5.75 Å². The molecular weight excluding hydrogens is 420 g/mol. The first kappa shape index (κ1) is 18.4. The zero-order valence-corrected chi connectivity index (χ0v) is 16.1. The minimum Gasteiger partial charge on any atom is -0.494 e. The molecule has 2 aromatic carbocycles. The molecule has 3 rings (SSSR count). The lowest BCUT2D eigenvalue weighted by Crippen LogP contribution is -2.15. The van der Waals surface area contributed by atoms with Crippen molar-refractivity contribution in [2.24, 2.45) is 0 Å². The van der Waals surface area contributed by atoms with Crippen molar-refractivity contribution in [2.75, 3.05) is 11.9 Å². The summed E-state index contributed by atoms with van der Waals surface area (Å²) in [6.45, 7) is 0.454. The number of benzene rings is 2. The molecule has 3 aromatic rings. The summed E-state index contributed by atoms with van der Waals surface area (Å²) in [5.41, 5.74) is 1.17. The summed E-state index contributed by atoms with van der Waals surface area (Å²) in [5, 5.41) is 7.43. The minimum atomic E-state index is -0.119. The number of nitrogens with zero attached hydrogens (tertiary/aromatic N) is 3. The van der Waals surface area contributed by atoms with E-state index in [1.807, 2.05) is 24.3 Å². The van der Waals surface area contributed by atoms with E-state index in [1.54, 1.807) is 18.2 Å². The highest BCUT2D eigenvalue weighted by atomic mass is 79.9. The molecule has 0 unspecified atom stereocenters. The van der Waals surface area contributed by atoms with Crippen LogP contribution in [-0.4, -0.2) is 27.3 Å². The summed E-state index contributed by atoms with van der Waals surface area (Å²) < 4.78 is 8.11. The molecule has 0 fully saturated rings. The van der Waals surface area contributed by atoms with Gasteiger partial charge in [-0.3, -0.25) is 4.79 Å². The number of amides is 1. The number of aromatic nitrogens is 3. The number of hydrogen-bond donors (Lipinski definition) is 1. The summed E-state index contributed by atoms with van der Waals surface area (Å²) in [4.78, 5) is 16.2. The lowest BCUT2D eigenvalue weighted by molar-refractivity contribution is -0.116. The van der Waals surface area contributed by atoms with Crippen molar-refractivity contribution in [2.45, 2.75) is 12.8 Å². The first-order valence-electron chi connectivity index (χ1n) is 7.95. The summed E-state index contributed by atoms with van der Waals surface area (Å²) in [6.07, 6.45) is 3.87. The van der Waals surface area contributed by atoms with Crippen LogP contribution >= 0.6 is 27.5 Å². The fourth-order valence-corrected chi connectivity index (χ4v) is 3.00. The molecule has 0 saturated heterocycles. The predicted molar refractivity (Wildman–Crippen MR) is 104 cm³/mol. The van der Waals surface area contributed by atoms with Crippen molar-refractivity contribution < 1.29 is 9.53 Å². The van der Waals surface area contributed by atoms with Crippen LogP contribution < -0.4 is 10.1 Å². The maximum absolute atomic E-state index is 12.2. The van der Waals surface area contributed by atoms with Gasteiger partial charge in [-0.25, -0.2) is 9.67 Å². The number of hydrogen-bond acceptors (Lipinski definition) is 4. The zero-order chi connectivity index (χ0) is 18.4. The van der Waals surface area contributed by atoms with E-state index in [9.17, 15) is 4.79 Å². The number of rotatable bonds is 7. The number of carbonyl (C=O) groups is 1. The molecule has 26 heavy (non-hydrogen) atoms. The van der Waals surface area contributed by atoms with Crippen LogP contribution in [0.3, 0.4) is 0 Å². The normalized spacial score (nSPS) is 10.5. The van der Waals surface area contributed by atoms with E-state index in [0.29, 0.717) is 35.8 Å². The second-order valence-electron chi connectivity index (χ2n) is 5.43. The topological polar surface area (TPSA) is 69.0 Å². The second kappa shape index (κ2) is 8.82. The Morgan fingerprint density at radius 2 is 2.12 bits per heavy atom. The van der Waals surface area contributed by atoms with E-state index in [1.165, 1.54) is 17.3 Å². The number of nitrogens with one attached hydrogen (secondary N) is 1. The number of anilines is 1. The molecule has 0 aliphatic heterocycles. The van der Waals surface area contributed by atoms with E-state index in [-0.39, 0.29) is 5.91 Å². The second-order valence-corrected chi connectivity index (χ2v) is 6.76. The van der Waals surface area contributed by atoms with E-state index < -0.39 is 0 Å². The van der Waals surface area contributed by atoms with Gasteiger partial charge < -0.3 is 10.1 Å². The van der Waals surface area contributed by atoms with Crippen LogP contribution in [0.2, 0.25) is 5.02 Å². The number of ether oxygens (including phenoxy) is 1. The average Bonchev–Trinajstić information content (AvgIpc) is 3.13. The fraction of sp³-hybridized carbons (Fsp3) is 0.167. The molecule has 0 aliphatic carbocycles. The van der Waals surface area contributed by atoms with Gasteiger partial charge in [-0.15, -0.1) is 0 Å². The van der Waals surface area contributed by atoms with Crippen molar-refractivity contribution in [1.29, 1.82) is 0 Å². The molecule has 1 N–H and O–H groups in total. The highest BCUT2D eigenvalue weighted by Gasteiger charge is 2.12. The standard InChI is InChI=1S/C18H16BrClN4O2/c19-13-4-1-5-14(10-13)26-9-3-8-17(25)23-16-7-2-6-15(20)18(16)24-12-21-11-22-24/h1-2,4-7,10-12H,3,8-9H2,(H,23,25). The van der Waals surface area contributed by atoms with Crippen LogP contribution in [0.15, 0.2) is 59.6 Å². The SMILES string of the molecule is O=C(CCCOc1cccc(Br)c1)Nc1cccc(Cl)c1-n1cncn1. The molecule has 0 saturated carbocycles. The Morgan fingerprint density at radius 1 is 1.27 bits per heavy atom. The van der Waals surface area contributed by atoms with E-state index in [4.69, 9.17) is 16.3 Å². The van der Waals surface area contributed by atoms with Gasteiger partial charge in [0.25, 0.3) is 0 Å². The Kier molecular flexibility index (Phi) is 6.25. The lowest BCUT2D eigenvalue weighted by Gasteiger charge is -2.12. The van der Waals surface area contributed by atoms with Crippen LogP contribution in [0.4, 0.5) is 5.69 Å². The smallest absolute Gasteiger partial charge is 0.224 e. The van der Waals surface area contributed by atoms with Crippen molar-refractivity contribution in [3.8, 4) is 11.4 Å². The number of carbonyl (C=O) groups excluding carboxylic acids is 1. The molecule has 1 amide bonds. The highest BCUT2D eigenvalue weighted by Crippen LogP contribution is 2.27. The summed E-state index contributed by atoms with van der Waals surface area (Å²) in [6, 6.07) is 12.9. The van der Waals surface area contributed by atoms with Gasteiger partial charge >= 0.3 is 0 Å². The molecule has 6 nitrogen and oxygen atoms in total. The monoisotopic (exact) mass is 434 g/mol. The van der Waals surface area contributed by atoms with Gasteiger partial charge in [0.2, 0.25) is 5.91 Å². The van der Waals surface area contributed by atoms with Gasteiger partial charge in [0, 0.05) is 10.9 Å². The Bertz CT molecular complexity index is 887. The third-order valence-corrected chi connectivity index (χ3v) is 4.32. The van der Waals surface area contributed by atoms with Crippen molar-refractivity contribution in [3.63, 3.8) is 0 Å².